The van der Waals surface area contributed by atoms with Crippen molar-refractivity contribution in [2.45, 2.75) is 52.9 Å². The lowest BCUT2D eigenvalue weighted by molar-refractivity contribution is 0.666. The van der Waals surface area contributed by atoms with Crippen LogP contribution < -0.4 is 0 Å². The van der Waals surface area contributed by atoms with E-state index in [2.05, 4.69) is 52.1 Å². The van der Waals surface area contributed by atoms with Crippen molar-refractivity contribution in [2.75, 3.05) is 0 Å². The van der Waals surface area contributed by atoms with Crippen molar-refractivity contribution in [2.24, 2.45) is 0 Å². The highest BCUT2D eigenvalue weighted by Gasteiger charge is 2.05. The molecule has 0 heteroatoms. The van der Waals surface area contributed by atoms with E-state index in [0.29, 0.717) is 0 Å². The zero-order valence-electron chi connectivity index (χ0n) is 12.2. The van der Waals surface area contributed by atoms with Crippen LogP contribution in [-0.4, -0.2) is 0 Å². The van der Waals surface area contributed by atoms with Gasteiger partial charge in [0, 0.05) is 0 Å². The first-order valence-electron chi connectivity index (χ1n) is 7.01. The summed E-state index contributed by atoms with van der Waals surface area (Å²) in [4.78, 5) is 0. The van der Waals surface area contributed by atoms with Crippen molar-refractivity contribution in [1.82, 2.24) is 0 Å². The zero-order valence-corrected chi connectivity index (χ0v) is 12.2. The summed E-state index contributed by atoms with van der Waals surface area (Å²) in [6.07, 6.45) is 6.38. The Balaban J connectivity index is 2.86. The molecule has 0 aliphatic heterocycles. The summed E-state index contributed by atoms with van der Waals surface area (Å²) >= 11 is 0. The Kier molecular flexibility index (Phi) is 5.91. The Bertz CT molecular complexity index is 424. The van der Waals surface area contributed by atoms with E-state index in [9.17, 15) is 0 Å². The molecule has 0 spiro atoms. The molecular weight excluding hydrogens is 216 g/mol. The van der Waals surface area contributed by atoms with E-state index in [4.69, 9.17) is 0 Å². The quantitative estimate of drug-likeness (QED) is 0.524. The van der Waals surface area contributed by atoms with Crippen molar-refractivity contribution in [1.29, 1.82) is 0 Å². The third-order valence-electron chi connectivity index (χ3n) is 3.36. The molecule has 0 atom stereocenters. The van der Waals surface area contributed by atoms with Gasteiger partial charge in [0.25, 0.3) is 0 Å². The van der Waals surface area contributed by atoms with Crippen molar-refractivity contribution < 1.29 is 0 Å². The van der Waals surface area contributed by atoms with Gasteiger partial charge in [0.1, 0.15) is 0 Å². The fourth-order valence-corrected chi connectivity index (χ4v) is 2.22. The summed E-state index contributed by atoms with van der Waals surface area (Å²) in [6, 6.07) is 6.64. The number of aryl methyl sites for hydroxylation is 1. The van der Waals surface area contributed by atoms with Gasteiger partial charge in [-0.2, -0.15) is 0 Å². The average Bonchev–Trinajstić information content (AvgIpc) is 2.34. The van der Waals surface area contributed by atoms with Crippen molar-refractivity contribution in [3.63, 3.8) is 0 Å². The van der Waals surface area contributed by atoms with Crippen LogP contribution in [0.3, 0.4) is 0 Å². The summed E-state index contributed by atoms with van der Waals surface area (Å²) in [5, 5.41) is 0. The van der Waals surface area contributed by atoms with Gasteiger partial charge in [0.05, 0.1) is 0 Å². The van der Waals surface area contributed by atoms with Crippen LogP contribution in [0.15, 0.2) is 31.4 Å². The molecule has 1 rings (SSSR count). The maximum Gasteiger partial charge on any atom is -0.0201 e. The molecular formula is C18H26. The second-order valence-corrected chi connectivity index (χ2v) is 5.24. The number of allylic oxidation sites excluding steroid dienone is 2. The molecule has 0 saturated carbocycles. The van der Waals surface area contributed by atoms with Crippen LogP contribution in [0.2, 0.25) is 0 Å². The fraction of sp³-hybridized carbons (Fsp3) is 0.444. The summed E-state index contributed by atoms with van der Waals surface area (Å²) in [5.41, 5.74) is 6.30. The highest BCUT2D eigenvalue weighted by atomic mass is 14.1. The predicted molar refractivity (Wildman–Crippen MR) is 83.7 cm³/mol. The highest BCUT2D eigenvalue weighted by molar-refractivity contribution is 5.69. The van der Waals surface area contributed by atoms with Crippen LogP contribution in [0.4, 0.5) is 0 Å². The Labute approximate surface area is 112 Å². The van der Waals surface area contributed by atoms with Gasteiger partial charge in [-0.1, -0.05) is 68.7 Å². The first-order valence-corrected chi connectivity index (χ1v) is 7.01. The van der Waals surface area contributed by atoms with Gasteiger partial charge in [-0.3, -0.25) is 0 Å². The number of rotatable bonds is 7. The molecule has 0 saturated heterocycles. The lowest BCUT2D eigenvalue weighted by Crippen LogP contribution is -1.94. The van der Waals surface area contributed by atoms with Crippen molar-refractivity contribution in [3.8, 4) is 0 Å². The van der Waals surface area contributed by atoms with Crippen LogP contribution in [0.5, 0.6) is 0 Å². The summed E-state index contributed by atoms with van der Waals surface area (Å²) in [6.45, 7) is 14.5. The summed E-state index contributed by atoms with van der Waals surface area (Å²) in [7, 11) is 0. The second kappa shape index (κ2) is 7.20. The molecule has 0 unspecified atom stereocenters. The molecule has 0 aliphatic rings. The van der Waals surface area contributed by atoms with Crippen molar-refractivity contribution in [3.05, 3.63) is 48.0 Å². The first-order chi connectivity index (χ1) is 8.56. The summed E-state index contributed by atoms with van der Waals surface area (Å²) < 4.78 is 0. The van der Waals surface area contributed by atoms with E-state index in [-0.39, 0.29) is 0 Å². The Morgan fingerprint density at radius 1 is 1.00 bits per heavy atom. The maximum absolute atomic E-state index is 4.08. The van der Waals surface area contributed by atoms with Crippen LogP contribution in [0.25, 0.3) is 11.1 Å². The number of benzene rings is 1. The van der Waals surface area contributed by atoms with Gasteiger partial charge < -0.3 is 0 Å². The van der Waals surface area contributed by atoms with Crippen LogP contribution in [-0.2, 0) is 6.42 Å². The molecule has 0 aliphatic carbocycles. The third-order valence-corrected chi connectivity index (χ3v) is 3.36. The standard InChI is InChI=1S/C18H26/c1-6-7-8-9-10-17-13-16(14(2)3)11-12-18(17)15(4)5/h11-13H,2,4,6-10H2,1,3,5H3. The van der Waals surface area contributed by atoms with E-state index in [1.807, 2.05) is 0 Å². The number of hydrogen-bond acceptors (Lipinski definition) is 0. The molecule has 0 heterocycles. The van der Waals surface area contributed by atoms with E-state index in [1.165, 1.54) is 42.4 Å². The van der Waals surface area contributed by atoms with E-state index < -0.39 is 0 Å². The topological polar surface area (TPSA) is 0 Å². The molecule has 1 aromatic rings. The highest BCUT2D eigenvalue weighted by Crippen LogP contribution is 2.24. The van der Waals surface area contributed by atoms with Gasteiger partial charge in [-0.05, 0) is 43.4 Å². The molecule has 98 valence electrons. The minimum absolute atomic E-state index is 1.14. The number of hydrogen-bond donors (Lipinski definition) is 0. The van der Waals surface area contributed by atoms with Gasteiger partial charge in [-0.15, -0.1) is 0 Å². The van der Waals surface area contributed by atoms with Crippen molar-refractivity contribution >= 4 is 11.1 Å². The Morgan fingerprint density at radius 2 is 1.72 bits per heavy atom. The molecule has 0 N–H and O–H groups in total. The SMILES string of the molecule is C=C(C)c1ccc(C(=C)C)c(CCCCCC)c1. The normalized spacial score (nSPS) is 10.4. The molecule has 1 aromatic carbocycles. The molecule has 0 amide bonds. The average molecular weight is 242 g/mol. The van der Waals surface area contributed by atoms with E-state index in [1.54, 1.807) is 0 Å². The minimum Gasteiger partial charge on any atom is -0.0955 e. The monoisotopic (exact) mass is 242 g/mol. The fourth-order valence-electron chi connectivity index (χ4n) is 2.22. The summed E-state index contributed by atoms with van der Waals surface area (Å²) in [5.74, 6) is 0. The molecule has 0 fully saturated rings. The van der Waals surface area contributed by atoms with Crippen LogP contribution >= 0.6 is 0 Å². The van der Waals surface area contributed by atoms with Gasteiger partial charge >= 0.3 is 0 Å². The smallest absolute Gasteiger partial charge is 0.0201 e. The first kappa shape index (κ1) is 14.8. The molecule has 0 nitrogen and oxygen atoms in total. The Morgan fingerprint density at radius 3 is 2.28 bits per heavy atom. The van der Waals surface area contributed by atoms with E-state index in [0.717, 1.165) is 17.6 Å². The molecule has 18 heavy (non-hydrogen) atoms. The molecule has 0 bridgehead atoms. The Hall–Kier alpha value is -1.30. The lowest BCUT2D eigenvalue weighted by Gasteiger charge is -2.12. The van der Waals surface area contributed by atoms with E-state index >= 15 is 0 Å². The van der Waals surface area contributed by atoms with Crippen LogP contribution in [0, 0.1) is 0 Å². The largest absolute Gasteiger partial charge is 0.0955 e. The molecule has 0 radical (unpaired) electrons. The van der Waals surface area contributed by atoms with Crippen LogP contribution in [0.1, 0.15) is 63.1 Å². The predicted octanol–water partition coefficient (Wildman–Crippen LogP) is 5.88. The van der Waals surface area contributed by atoms with Gasteiger partial charge in [-0.25, -0.2) is 0 Å². The minimum atomic E-state index is 1.14. The maximum atomic E-state index is 4.08. The zero-order chi connectivity index (χ0) is 13.5. The van der Waals surface area contributed by atoms with Gasteiger partial charge in [0.15, 0.2) is 0 Å². The second-order valence-electron chi connectivity index (χ2n) is 5.24. The third kappa shape index (κ3) is 4.18. The number of unbranched alkanes of at least 4 members (excludes halogenated alkanes) is 3. The van der Waals surface area contributed by atoms with Gasteiger partial charge in [0.2, 0.25) is 0 Å². The lowest BCUT2D eigenvalue weighted by atomic mass is 9.93. The molecule has 0 aromatic heterocycles.